The first-order valence-corrected chi connectivity index (χ1v) is 7.67. The highest BCUT2D eigenvalue weighted by Gasteiger charge is 2.11. The van der Waals surface area contributed by atoms with Crippen LogP contribution in [0.1, 0.15) is 10.4 Å². The van der Waals surface area contributed by atoms with E-state index in [0.717, 1.165) is 10.2 Å². The molecule has 2 aromatic carbocycles. The molecule has 0 unspecified atom stereocenters. The lowest BCUT2D eigenvalue weighted by Crippen LogP contribution is -2.23. The number of phenolic OH excluding ortho intramolecular Hbond substituents is 1. The first-order chi connectivity index (χ1) is 11.1. The predicted octanol–water partition coefficient (Wildman–Crippen LogP) is 2.20. The van der Waals surface area contributed by atoms with Crippen LogP contribution in [0.2, 0.25) is 0 Å². The Morgan fingerprint density at radius 1 is 1.30 bits per heavy atom. The van der Waals surface area contributed by atoms with Crippen molar-refractivity contribution in [3.8, 4) is 11.5 Å². The van der Waals surface area contributed by atoms with Crippen LogP contribution in [-0.4, -0.2) is 22.7 Å². The van der Waals surface area contributed by atoms with Crippen molar-refractivity contribution in [2.75, 3.05) is 7.11 Å². The van der Waals surface area contributed by atoms with Crippen molar-refractivity contribution in [3.63, 3.8) is 0 Å². The van der Waals surface area contributed by atoms with Crippen molar-refractivity contribution in [2.45, 2.75) is 0 Å². The van der Waals surface area contributed by atoms with Gasteiger partial charge in [0.1, 0.15) is 11.5 Å². The number of aromatic nitrogens is 1. The molecule has 3 rings (SSSR count). The van der Waals surface area contributed by atoms with Crippen LogP contribution < -0.4 is 15.0 Å². The predicted molar refractivity (Wildman–Crippen MR) is 88.5 cm³/mol. The minimum absolute atomic E-state index is 0.137. The molecule has 0 atom stereocenters. The summed E-state index contributed by atoms with van der Waals surface area (Å²) in [6, 6.07) is 12.4. The Balaban J connectivity index is 1.89. The third-order valence-corrected chi connectivity index (χ3v) is 4.53. The van der Waals surface area contributed by atoms with E-state index in [-0.39, 0.29) is 11.3 Å². The van der Waals surface area contributed by atoms with Gasteiger partial charge in [0.2, 0.25) is 4.80 Å². The molecule has 23 heavy (non-hydrogen) atoms. The molecule has 118 valence electrons. The molecule has 0 bridgehead atoms. The summed E-state index contributed by atoms with van der Waals surface area (Å²) in [7, 11) is 3.37. The highest BCUT2D eigenvalue weighted by molar-refractivity contribution is 7.16. The molecule has 0 aliphatic rings. The average Bonchev–Trinajstić information content (AvgIpc) is 2.89. The molecule has 1 amide bonds. The van der Waals surface area contributed by atoms with E-state index in [2.05, 4.69) is 10.5 Å². The lowest BCUT2D eigenvalue weighted by Gasteiger charge is -2.05. The molecule has 1 heterocycles. The number of carbonyl (C=O) groups is 1. The molecular weight excluding hydrogens is 314 g/mol. The van der Waals surface area contributed by atoms with Gasteiger partial charge in [-0.15, -0.1) is 5.10 Å². The maximum Gasteiger partial charge on any atom is 0.275 e. The van der Waals surface area contributed by atoms with Gasteiger partial charge in [-0.3, -0.25) is 4.79 Å². The number of ether oxygens (including phenoxy) is 1. The molecule has 0 radical (unpaired) electrons. The number of nitrogens with one attached hydrogen (secondary N) is 1. The Bertz CT molecular complexity index is 943. The molecule has 1 aromatic heterocycles. The number of nitrogens with zero attached hydrogens (tertiary/aromatic N) is 2. The molecule has 0 saturated heterocycles. The van der Waals surface area contributed by atoms with E-state index in [9.17, 15) is 9.90 Å². The lowest BCUT2D eigenvalue weighted by molar-refractivity contribution is 0.0950. The maximum atomic E-state index is 12.2. The summed E-state index contributed by atoms with van der Waals surface area (Å²) in [5, 5.41) is 14.0. The Morgan fingerprint density at radius 3 is 2.78 bits per heavy atom. The van der Waals surface area contributed by atoms with Gasteiger partial charge >= 0.3 is 0 Å². The Labute approximate surface area is 136 Å². The van der Waals surface area contributed by atoms with Crippen molar-refractivity contribution in [1.82, 2.24) is 9.99 Å². The highest BCUT2D eigenvalue weighted by Crippen LogP contribution is 2.23. The van der Waals surface area contributed by atoms with Crippen molar-refractivity contribution in [1.29, 1.82) is 0 Å². The first kappa shape index (κ1) is 15.1. The van der Waals surface area contributed by atoms with Crippen molar-refractivity contribution in [2.24, 2.45) is 12.1 Å². The third-order valence-electron chi connectivity index (χ3n) is 3.42. The smallest absolute Gasteiger partial charge is 0.275 e. The second-order valence-electron chi connectivity index (χ2n) is 4.85. The van der Waals surface area contributed by atoms with E-state index >= 15 is 0 Å². The van der Waals surface area contributed by atoms with Crippen LogP contribution in [0.5, 0.6) is 11.5 Å². The molecule has 0 spiro atoms. The van der Waals surface area contributed by atoms with Crippen LogP contribution in [0.4, 0.5) is 0 Å². The number of amides is 1. The number of hydrogen-bond donors (Lipinski definition) is 2. The minimum Gasteiger partial charge on any atom is -0.507 e. The van der Waals surface area contributed by atoms with Gasteiger partial charge in [0.05, 0.1) is 22.9 Å². The molecule has 0 saturated carbocycles. The van der Waals surface area contributed by atoms with Crippen LogP contribution in [0.15, 0.2) is 47.6 Å². The fraction of sp³-hybridized carbons (Fsp3) is 0.125. The van der Waals surface area contributed by atoms with Crippen molar-refractivity contribution in [3.05, 3.63) is 52.8 Å². The zero-order chi connectivity index (χ0) is 16.4. The van der Waals surface area contributed by atoms with E-state index in [1.807, 2.05) is 35.9 Å². The Kier molecular flexibility index (Phi) is 4.03. The molecule has 0 aliphatic heterocycles. The number of methoxy groups -OCH3 is 1. The van der Waals surface area contributed by atoms with Gasteiger partial charge in [0.15, 0.2) is 0 Å². The number of fused-ring (bicyclic) bond motifs is 1. The van der Waals surface area contributed by atoms with E-state index in [1.54, 1.807) is 6.07 Å². The fourth-order valence-corrected chi connectivity index (χ4v) is 3.16. The number of hydrogen-bond acceptors (Lipinski definition) is 5. The summed E-state index contributed by atoms with van der Waals surface area (Å²) < 4.78 is 7.97. The number of benzene rings is 2. The van der Waals surface area contributed by atoms with Crippen molar-refractivity contribution >= 4 is 27.5 Å². The van der Waals surface area contributed by atoms with Crippen molar-refractivity contribution < 1.29 is 14.6 Å². The van der Waals surface area contributed by atoms with Crippen LogP contribution in [-0.2, 0) is 7.05 Å². The van der Waals surface area contributed by atoms with Gasteiger partial charge in [0, 0.05) is 13.1 Å². The van der Waals surface area contributed by atoms with E-state index < -0.39 is 5.91 Å². The zero-order valence-corrected chi connectivity index (χ0v) is 13.4. The molecule has 3 aromatic rings. The second-order valence-corrected chi connectivity index (χ2v) is 5.86. The molecule has 7 heteroatoms. The summed E-state index contributed by atoms with van der Waals surface area (Å²) in [6.45, 7) is 0. The highest BCUT2D eigenvalue weighted by atomic mass is 32.1. The number of rotatable bonds is 3. The molecule has 0 aliphatic carbocycles. The number of para-hydroxylation sites is 1. The largest absolute Gasteiger partial charge is 0.507 e. The van der Waals surface area contributed by atoms with Crippen LogP contribution in [0, 0.1) is 0 Å². The maximum absolute atomic E-state index is 12.2. The van der Waals surface area contributed by atoms with Crippen LogP contribution in [0.25, 0.3) is 10.2 Å². The zero-order valence-electron chi connectivity index (χ0n) is 12.6. The Hall–Kier alpha value is -2.80. The molecule has 0 fully saturated rings. The number of carbonyl (C=O) groups excluding carboxylic acids is 1. The monoisotopic (exact) mass is 329 g/mol. The standard InChI is InChI=1S/C16H15N3O3S/c1-19-12-5-3-4-6-14(12)23-16(19)18-17-15(21)11-8-7-10(22-2)9-13(11)20/h3-9,20H,1-2H3,(H,17,21)/b18-16-. The molecular formula is C16H15N3O3S. The van der Waals surface area contributed by atoms with E-state index in [4.69, 9.17) is 4.74 Å². The van der Waals surface area contributed by atoms with Gasteiger partial charge in [-0.2, -0.15) is 0 Å². The fourth-order valence-electron chi connectivity index (χ4n) is 2.18. The number of thiazole rings is 1. The van der Waals surface area contributed by atoms with Gasteiger partial charge in [0.25, 0.3) is 5.91 Å². The van der Waals surface area contributed by atoms with E-state index in [1.165, 1.54) is 30.6 Å². The van der Waals surface area contributed by atoms with Gasteiger partial charge < -0.3 is 14.4 Å². The summed E-state index contributed by atoms with van der Waals surface area (Å²) >= 11 is 1.47. The Morgan fingerprint density at radius 2 is 2.09 bits per heavy atom. The SMILES string of the molecule is COc1ccc(C(=O)N/N=c2\sc3ccccc3n2C)c(O)c1. The second kappa shape index (κ2) is 6.13. The average molecular weight is 329 g/mol. The quantitative estimate of drug-likeness (QED) is 0.723. The minimum atomic E-state index is -0.484. The normalized spacial score (nSPS) is 11.7. The summed E-state index contributed by atoms with van der Waals surface area (Å²) in [4.78, 5) is 12.8. The molecule has 2 N–H and O–H groups in total. The number of aromatic hydroxyl groups is 1. The summed E-state index contributed by atoms with van der Waals surface area (Å²) in [5.74, 6) is -0.160. The molecule has 6 nitrogen and oxygen atoms in total. The van der Waals surface area contributed by atoms with Gasteiger partial charge in [-0.25, -0.2) is 5.43 Å². The number of aryl methyl sites for hydroxylation is 1. The topological polar surface area (TPSA) is 75.8 Å². The van der Waals surface area contributed by atoms with Gasteiger partial charge in [-0.05, 0) is 24.3 Å². The summed E-state index contributed by atoms with van der Waals surface area (Å²) in [6.07, 6.45) is 0. The van der Waals surface area contributed by atoms with Crippen LogP contribution in [0.3, 0.4) is 0 Å². The number of phenols is 1. The van der Waals surface area contributed by atoms with Crippen LogP contribution >= 0.6 is 11.3 Å². The van der Waals surface area contributed by atoms with E-state index in [0.29, 0.717) is 10.6 Å². The lowest BCUT2D eigenvalue weighted by atomic mass is 10.2. The van der Waals surface area contributed by atoms with Gasteiger partial charge in [-0.1, -0.05) is 23.5 Å². The summed E-state index contributed by atoms with van der Waals surface area (Å²) in [5.41, 5.74) is 3.65. The third kappa shape index (κ3) is 2.91. The first-order valence-electron chi connectivity index (χ1n) is 6.86.